The largest absolute Gasteiger partial charge is 0.307 e. The van der Waals surface area contributed by atoms with Gasteiger partial charge in [-0.2, -0.15) is 0 Å². The van der Waals surface area contributed by atoms with E-state index in [4.69, 9.17) is 0 Å². The van der Waals surface area contributed by atoms with Crippen LogP contribution in [0.1, 0.15) is 75.1 Å². The fourth-order valence-electron chi connectivity index (χ4n) is 4.95. The van der Waals surface area contributed by atoms with Crippen LogP contribution in [0.25, 0.3) is 0 Å². The summed E-state index contributed by atoms with van der Waals surface area (Å²) < 4.78 is 0. The third-order valence-electron chi connectivity index (χ3n) is 5.79. The van der Waals surface area contributed by atoms with Crippen LogP contribution in [0, 0.1) is 31.6 Å². The van der Waals surface area contributed by atoms with Crippen LogP contribution < -0.4 is 5.32 Å². The molecule has 2 fully saturated rings. The molecule has 1 heterocycles. The van der Waals surface area contributed by atoms with Crippen LogP contribution in [-0.2, 0) is 0 Å². The molecule has 0 spiro atoms. The fourth-order valence-corrected chi connectivity index (χ4v) is 4.95. The minimum atomic E-state index is 0.581. The molecule has 1 saturated carbocycles. The Morgan fingerprint density at radius 1 is 1.00 bits per heavy atom. The van der Waals surface area contributed by atoms with Crippen LogP contribution in [0.3, 0.4) is 0 Å². The Morgan fingerprint density at radius 2 is 1.68 bits per heavy atom. The molecule has 4 unspecified atom stereocenters. The minimum absolute atomic E-state index is 0.581. The number of rotatable bonds is 3. The summed E-state index contributed by atoms with van der Waals surface area (Å²) in [5.41, 5.74) is 4.32. The van der Waals surface area contributed by atoms with E-state index in [0.29, 0.717) is 6.04 Å². The lowest BCUT2D eigenvalue weighted by Crippen LogP contribution is -2.46. The van der Waals surface area contributed by atoms with Crippen LogP contribution in [0.5, 0.6) is 0 Å². The summed E-state index contributed by atoms with van der Waals surface area (Å²) in [6, 6.07) is 8.41. The number of aryl methyl sites for hydroxylation is 2. The van der Waals surface area contributed by atoms with Crippen molar-refractivity contribution >= 4 is 0 Å². The first-order chi connectivity index (χ1) is 10.5. The van der Waals surface area contributed by atoms with Crippen molar-refractivity contribution in [3.8, 4) is 0 Å². The topological polar surface area (TPSA) is 12.0 Å². The van der Waals surface area contributed by atoms with Crippen molar-refractivity contribution in [2.45, 2.75) is 78.3 Å². The Labute approximate surface area is 136 Å². The summed E-state index contributed by atoms with van der Waals surface area (Å²) in [4.78, 5) is 0. The number of nitrogens with one attached hydrogen (secondary N) is 1. The van der Waals surface area contributed by atoms with E-state index < -0.39 is 0 Å². The number of fused-ring (bicyclic) bond motifs is 1. The summed E-state index contributed by atoms with van der Waals surface area (Å²) in [5.74, 6) is 2.73. The minimum Gasteiger partial charge on any atom is -0.307 e. The molecule has 0 radical (unpaired) electrons. The van der Waals surface area contributed by atoms with Gasteiger partial charge in [0.05, 0.1) is 0 Å². The predicted octanol–water partition coefficient (Wildman–Crippen LogP) is 5.56. The maximum atomic E-state index is 4.03. The maximum absolute atomic E-state index is 4.03. The molecule has 0 bridgehead atoms. The van der Waals surface area contributed by atoms with Gasteiger partial charge in [0.15, 0.2) is 0 Å². The van der Waals surface area contributed by atoms with Crippen LogP contribution in [0.2, 0.25) is 0 Å². The van der Waals surface area contributed by atoms with E-state index in [1.807, 2.05) is 0 Å². The van der Waals surface area contributed by atoms with Crippen LogP contribution in [0.15, 0.2) is 18.2 Å². The van der Waals surface area contributed by atoms with Gasteiger partial charge in [0.25, 0.3) is 0 Å². The van der Waals surface area contributed by atoms with Crippen molar-refractivity contribution in [3.05, 3.63) is 34.9 Å². The first-order valence-electron chi connectivity index (χ1n) is 9.35. The monoisotopic (exact) mass is 299 g/mol. The van der Waals surface area contributed by atoms with Crippen molar-refractivity contribution < 1.29 is 0 Å². The Morgan fingerprint density at radius 3 is 2.36 bits per heavy atom. The summed E-state index contributed by atoms with van der Waals surface area (Å²) in [6.45, 7) is 9.19. The second-order valence-electron chi connectivity index (χ2n) is 8.39. The predicted molar refractivity (Wildman–Crippen MR) is 95.1 cm³/mol. The number of hydrogen-bond donors (Lipinski definition) is 1. The van der Waals surface area contributed by atoms with Gasteiger partial charge < -0.3 is 5.32 Å². The first kappa shape index (κ1) is 16.1. The number of benzene rings is 1. The highest BCUT2D eigenvalue weighted by Crippen LogP contribution is 2.40. The Hall–Kier alpha value is -0.820. The van der Waals surface area contributed by atoms with Crippen molar-refractivity contribution in [3.63, 3.8) is 0 Å². The van der Waals surface area contributed by atoms with Gasteiger partial charge in [0, 0.05) is 12.1 Å². The Kier molecular flexibility index (Phi) is 4.92. The SMILES string of the molecule is Cc1cc(C)cc(C2CCC3CCC(CC(C)C)CC3N2)c1. The van der Waals surface area contributed by atoms with Crippen molar-refractivity contribution in [1.29, 1.82) is 0 Å². The van der Waals surface area contributed by atoms with Crippen LogP contribution in [-0.4, -0.2) is 6.04 Å². The quantitative estimate of drug-likeness (QED) is 0.770. The molecule has 0 amide bonds. The molecule has 3 rings (SSSR count). The molecule has 1 nitrogen and oxygen atoms in total. The molecule has 1 aromatic rings. The molecule has 1 heteroatoms. The molecule has 4 atom stereocenters. The molecule has 1 aliphatic heterocycles. The van der Waals surface area contributed by atoms with E-state index >= 15 is 0 Å². The van der Waals surface area contributed by atoms with Crippen LogP contribution >= 0.6 is 0 Å². The second kappa shape index (κ2) is 6.74. The standard InChI is InChI=1S/C21H33N/c1-14(2)9-17-5-6-18-7-8-20(22-21(18)13-17)19-11-15(3)10-16(4)12-19/h10-12,14,17-18,20-22H,5-9,13H2,1-4H3. The zero-order valence-corrected chi connectivity index (χ0v) is 14.9. The molecule has 1 aliphatic carbocycles. The van der Waals surface area contributed by atoms with Gasteiger partial charge in [0.2, 0.25) is 0 Å². The molecule has 1 saturated heterocycles. The molecule has 0 aromatic heterocycles. The molecular weight excluding hydrogens is 266 g/mol. The highest BCUT2D eigenvalue weighted by Gasteiger charge is 2.35. The van der Waals surface area contributed by atoms with E-state index in [1.165, 1.54) is 55.2 Å². The van der Waals surface area contributed by atoms with Crippen molar-refractivity contribution in [2.24, 2.45) is 17.8 Å². The average Bonchev–Trinajstić information content (AvgIpc) is 2.45. The van der Waals surface area contributed by atoms with Crippen molar-refractivity contribution in [2.75, 3.05) is 0 Å². The average molecular weight is 300 g/mol. The van der Waals surface area contributed by atoms with Gasteiger partial charge in [0.1, 0.15) is 0 Å². The lowest BCUT2D eigenvalue weighted by molar-refractivity contribution is 0.131. The Bertz CT molecular complexity index is 484. The summed E-state index contributed by atoms with van der Waals surface area (Å²) in [5, 5.41) is 4.03. The lowest BCUT2D eigenvalue weighted by atomic mass is 9.71. The van der Waals surface area contributed by atoms with Gasteiger partial charge >= 0.3 is 0 Å². The fraction of sp³-hybridized carbons (Fsp3) is 0.714. The highest BCUT2D eigenvalue weighted by molar-refractivity contribution is 5.31. The first-order valence-corrected chi connectivity index (χ1v) is 9.35. The molecule has 2 aliphatic rings. The van der Waals surface area contributed by atoms with Gasteiger partial charge in [-0.25, -0.2) is 0 Å². The second-order valence-corrected chi connectivity index (χ2v) is 8.39. The maximum Gasteiger partial charge on any atom is 0.0323 e. The third kappa shape index (κ3) is 3.74. The molecular formula is C21H33N. The smallest absolute Gasteiger partial charge is 0.0323 e. The molecule has 122 valence electrons. The third-order valence-corrected chi connectivity index (χ3v) is 5.79. The number of piperidine rings is 1. The zero-order valence-electron chi connectivity index (χ0n) is 14.9. The van der Waals surface area contributed by atoms with Gasteiger partial charge in [-0.1, -0.05) is 49.6 Å². The lowest BCUT2D eigenvalue weighted by Gasteiger charge is -2.43. The van der Waals surface area contributed by atoms with E-state index in [0.717, 1.165) is 23.8 Å². The van der Waals surface area contributed by atoms with Crippen molar-refractivity contribution in [1.82, 2.24) is 5.32 Å². The summed E-state index contributed by atoms with van der Waals surface area (Å²) in [7, 11) is 0. The van der Waals surface area contributed by atoms with E-state index in [2.05, 4.69) is 51.2 Å². The normalized spacial score (nSPS) is 32.0. The van der Waals surface area contributed by atoms with Gasteiger partial charge in [-0.05, 0) is 69.3 Å². The molecule has 1 aromatic carbocycles. The zero-order chi connectivity index (χ0) is 15.7. The van der Waals surface area contributed by atoms with E-state index in [-0.39, 0.29) is 0 Å². The highest BCUT2D eigenvalue weighted by atomic mass is 15.0. The molecule has 22 heavy (non-hydrogen) atoms. The number of hydrogen-bond acceptors (Lipinski definition) is 1. The molecule has 1 N–H and O–H groups in total. The Balaban J connectivity index is 1.68. The summed E-state index contributed by atoms with van der Waals surface area (Å²) >= 11 is 0. The van der Waals surface area contributed by atoms with Crippen LogP contribution in [0.4, 0.5) is 0 Å². The van der Waals surface area contributed by atoms with Gasteiger partial charge in [-0.3, -0.25) is 0 Å². The van der Waals surface area contributed by atoms with E-state index in [9.17, 15) is 0 Å². The van der Waals surface area contributed by atoms with Gasteiger partial charge in [-0.15, -0.1) is 0 Å². The van der Waals surface area contributed by atoms with E-state index in [1.54, 1.807) is 0 Å². The summed E-state index contributed by atoms with van der Waals surface area (Å²) in [6.07, 6.45) is 8.48.